The third-order valence-electron chi connectivity index (χ3n) is 2.29. The largest absolute Gasteiger partial charge is 0.465 e. The van der Waals surface area contributed by atoms with Crippen molar-refractivity contribution < 1.29 is 9.53 Å². The van der Waals surface area contributed by atoms with Crippen LogP contribution in [0.5, 0.6) is 0 Å². The van der Waals surface area contributed by atoms with Crippen LogP contribution in [0, 0.1) is 5.92 Å². The average Bonchev–Trinajstić information content (AvgIpc) is 2.13. The van der Waals surface area contributed by atoms with Crippen molar-refractivity contribution >= 4 is 5.97 Å². The lowest BCUT2D eigenvalue weighted by atomic mass is 10.1. The molecule has 16 heavy (non-hydrogen) atoms. The molecule has 1 unspecified atom stereocenters. The Bertz CT molecular complexity index is 197. The van der Waals surface area contributed by atoms with Gasteiger partial charge in [0.1, 0.15) is 0 Å². The monoisotopic (exact) mass is 229 g/mol. The van der Waals surface area contributed by atoms with Crippen molar-refractivity contribution in [3.05, 3.63) is 0 Å². The van der Waals surface area contributed by atoms with Crippen molar-refractivity contribution in [2.75, 3.05) is 13.2 Å². The smallest absolute Gasteiger partial charge is 0.307 e. The fourth-order valence-corrected chi connectivity index (χ4v) is 1.42. The van der Waals surface area contributed by atoms with Crippen LogP contribution in [0.25, 0.3) is 0 Å². The highest BCUT2D eigenvalue weighted by Crippen LogP contribution is 2.05. The number of carbonyl (C=O) groups excluding carboxylic acids is 1. The van der Waals surface area contributed by atoms with Gasteiger partial charge in [0.15, 0.2) is 0 Å². The van der Waals surface area contributed by atoms with Crippen molar-refractivity contribution in [2.24, 2.45) is 5.92 Å². The Morgan fingerprint density at radius 3 is 2.50 bits per heavy atom. The molecule has 96 valence electrons. The zero-order valence-corrected chi connectivity index (χ0v) is 11.4. The molecule has 0 radical (unpaired) electrons. The minimum atomic E-state index is -0.0975. The van der Waals surface area contributed by atoms with E-state index in [1.54, 1.807) is 0 Å². The van der Waals surface area contributed by atoms with Gasteiger partial charge in [0.2, 0.25) is 0 Å². The van der Waals surface area contributed by atoms with E-state index in [9.17, 15) is 4.79 Å². The summed E-state index contributed by atoms with van der Waals surface area (Å²) >= 11 is 0. The fourth-order valence-electron chi connectivity index (χ4n) is 1.42. The predicted molar refractivity (Wildman–Crippen MR) is 67.4 cm³/mol. The number of ether oxygens (including phenoxy) is 1. The Morgan fingerprint density at radius 2 is 2.00 bits per heavy atom. The van der Waals surface area contributed by atoms with Gasteiger partial charge < -0.3 is 10.1 Å². The Labute approximate surface area is 99.9 Å². The number of nitrogens with one attached hydrogen (secondary N) is 1. The third-order valence-corrected chi connectivity index (χ3v) is 2.29. The molecule has 0 saturated heterocycles. The summed E-state index contributed by atoms with van der Waals surface area (Å²) in [6.07, 6.45) is 2.72. The molecule has 0 bridgehead atoms. The quantitative estimate of drug-likeness (QED) is 0.682. The first-order valence-electron chi connectivity index (χ1n) is 6.25. The van der Waals surface area contributed by atoms with Crippen LogP contribution in [0.3, 0.4) is 0 Å². The number of rotatable bonds is 7. The molecule has 1 N–H and O–H groups in total. The summed E-state index contributed by atoms with van der Waals surface area (Å²) in [6, 6.07) is 0. The summed E-state index contributed by atoms with van der Waals surface area (Å²) in [5, 5.41) is 3.26. The third kappa shape index (κ3) is 9.97. The normalized spacial score (nSPS) is 13.6. The molecule has 0 aliphatic carbocycles. The Balaban J connectivity index is 3.52. The van der Waals surface area contributed by atoms with Crippen molar-refractivity contribution in [2.45, 2.75) is 59.4 Å². The van der Waals surface area contributed by atoms with Gasteiger partial charge in [0.05, 0.1) is 13.0 Å². The molecule has 0 fully saturated rings. The molecule has 0 spiro atoms. The van der Waals surface area contributed by atoms with Crippen LogP contribution in [-0.4, -0.2) is 24.7 Å². The Hall–Kier alpha value is -0.570. The standard InChI is InChI=1S/C13H27NO2/c1-6-7-11(2)10-16-12(15)8-9-14-13(3,4)5/h11,14H,6-10H2,1-5H3. The first kappa shape index (κ1) is 15.4. The van der Waals surface area contributed by atoms with Crippen LogP contribution in [0.15, 0.2) is 0 Å². The summed E-state index contributed by atoms with van der Waals surface area (Å²) in [4.78, 5) is 11.4. The molecular formula is C13H27NO2. The Morgan fingerprint density at radius 1 is 1.38 bits per heavy atom. The van der Waals surface area contributed by atoms with E-state index in [4.69, 9.17) is 4.74 Å². The fraction of sp³-hybridized carbons (Fsp3) is 0.923. The van der Waals surface area contributed by atoms with E-state index in [0.29, 0.717) is 25.5 Å². The molecule has 0 heterocycles. The first-order valence-corrected chi connectivity index (χ1v) is 6.25. The lowest BCUT2D eigenvalue weighted by molar-refractivity contribution is -0.144. The van der Waals surface area contributed by atoms with Crippen LogP contribution in [0.1, 0.15) is 53.9 Å². The summed E-state index contributed by atoms with van der Waals surface area (Å²) in [5.74, 6) is 0.379. The molecule has 3 nitrogen and oxygen atoms in total. The van der Waals surface area contributed by atoms with Gasteiger partial charge in [-0.1, -0.05) is 20.3 Å². The summed E-state index contributed by atoms with van der Waals surface area (Å²) in [7, 11) is 0. The van der Waals surface area contributed by atoms with E-state index in [-0.39, 0.29) is 11.5 Å². The molecular weight excluding hydrogens is 202 g/mol. The van der Waals surface area contributed by atoms with Crippen LogP contribution in [-0.2, 0) is 9.53 Å². The molecule has 0 aromatic heterocycles. The second-order valence-electron chi connectivity index (χ2n) is 5.50. The molecule has 0 aromatic carbocycles. The van der Waals surface area contributed by atoms with Gasteiger partial charge in [-0.15, -0.1) is 0 Å². The highest BCUT2D eigenvalue weighted by Gasteiger charge is 2.11. The first-order chi connectivity index (χ1) is 7.35. The minimum Gasteiger partial charge on any atom is -0.465 e. The lowest BCUT2D eigenvalue weighted by Gasteiger charge is -2.20. The van der Waals surface area contributed by atoms with E-state index in [1.807, 2.05) is 0 Å². The van der Waals surface area contributed by atoms with E-state index >= 15 is 0 Å². The maximum absolute atomic E-state index is 11.4. The van der Waals surface area contributed by atoms with Gasteiger partial charge in [-0.05, 0) is 33.1 Å². The van der Waals surface area contributed by atoms with Gasteiger partial charge in [-0.3, -0.25) is 4.79 Å². The number of carbonyl (C=O) groups is 1. The predicted octanol–water partition coefficient (Wildman–Crippen LogP) is 2.74. The van der Waals surface area contributed by atoms with Crippen LogP contribution in [0.2, 0.25) is 0 Å². The number of hydrogen-bond donors (Lipinski definition) is 1. The summed E-state index contributed by atoms with van der Waals surface area (Å²) in [6.45, 7) is 11.8. The maximum atomic E-state index is 11.4. The number of hydrogen-bond acceptors (Lipinski definition) is 3. The summed E-state index contributed by atoms with van der Waals surface area (Å²) in [5.41, 5.74) is 0.0653. The Kier molecular flexibility index (Phi) is 7.39. The zero-order chi connectivity index (χ0) is 12.6. The van der Waals surface area contributed by atoms with Crippen LogP contribution >= 0.6 is 0 Å². The van der Waals surface area contributed by atoms with Crippen molar-refractivity contribution in [1.29, 1.82) is 0 Å². The molecule has 0 rings (SSSR count). The van der Waals surface area contributed by atoms with Gasteiger partial charge in [0.25, 0.3) is 0 Å². The molecule has 3 heteroatoms. The van der Waals surface area contributed by atoms with E-state index < -0.39 is 0 Å². The zero-order valence-electron chi connectivity index (χ0n) is 11.4. The van der Waals surface area contributed by atoms with Crippen molar-refractivity contribution in [1.82, 2.24) is 5.32 Å². The molecule has 0 saturated carbocycles. The second kappa shape index (κ2) is 7.66. The van der Waals surface area contributed by atoms with Crippen LogP contribution < -0.4 is 5.32 Å². The molecule has 0 aromatic rings. The number of esters is 1. The average molecular weight is 229 g/mol. The van der Waals surface area contributed by atoms with E-state index in [1.165, 1.54) is 0 Å². The van der Waals surface area contributed by atoms with E-state index in [2.05, 4.69) is 39.9 Å². The van der Waals surface area contributed by atoms with Crippen LogP contribution in [0.4, 0.5) is 0 Å². The SMILES string of the molecule is CCCC(C)COC(=O)CCNC(C)(C)C. The van der Waals surface area contributed by atoms with Gasteiger partial charge >= 0.3 is 5.97 Å². The second-order valence-corrected chi connectivity index (χ2v) is 5.50. The molecule has 0 aliphatic heterocycles. The summed E-state index contributed by atoms with van der Waals surface area (Å²) < 4.78 is 5.19. The minimum absolute atomic E-state index is 0.0653. The molecule has 1 atom stereocenters. The lowest BCUT2D eigenvalue weighted by Crippen LogP contribution is -2.37. The molecule has 0 amide bonds. The van der Waals surface area contributed by atoms with Crippen molar-refractivity contribution in [3.8, 4) is 0 Å². The van der Waals surface area contributed by atoms with Gasteiger partial charge in [-0.25, -0.2) is 0 Å². The highest BCUT2D eigenvalue weighted by atomic mass is 16.5. The van der Waals surface area contributed by atoms with E-state index in [0.717, 1.165) is 12.8 Å². The maximum Gasteiger partial charge on any atom is 0.307 e. The topological polar surface area (TPSA) is 38.3 Å². The van der Waals surface area contributed by atoms with Gasteiger partial charge in [-0.2, -0.15) is 0 Å². The highest BCUT2D eigenvalue weighted by molar-refractivity contribution is 5.69. The molecule has 0 aliphatic rings. The van der Waals surface area contributed by atoms with Gasteiger partial charge in [0, 0.05) is 12.1 Å². The van der Waals surface area contributed by atoms with Crippen molar-refractivity contribution in [3.63, 3.8) is 0 Å².